The zero-order valence-electron chi connectivity index (χ0n) is 14.1. The number of hydrogen-bond acceptors (Lipinski definition) is 6. The van der Waals surface area contributed by atoms with E-state index in [0.717, 1.165) is 39.2 Å². The van der Waals surface area contributed by atoms with Crippen LogP contribution in [0.5, 0.6) is 0 Å². The summed E-state index contributed by atoms with van der Waals surface area (Å²) in [6, 6.07) is 1.78. The number of carbonyl (C=O) groups excluding carboxylic acids is 1. The first-order chi connectivity index (χ1) is 11.8. The smallest absolute Gasteiger partial charge is 0.233 e. The van der Waals surface area contributed by atoms with Crippen LogP contribution in [-0.2, 0) is 9.53 Å². The van der Waals surface area contributed by atoms with Crippen molar-refractivity contribution in [3.8, 4) is 0 Å². The Morgan fingerprint density at radius 2 is 1.96 bits per heavy atom. The summed E-state index contributed by atoms with van der Waals surface area (Å²) < 4.78 is 5.98. The van der Waals surface area contributed by atoms with Gasteiger partial charge in [-0.3, -0.25) is 4.79 Å². The average Bonchev–Trinajstić information content (AvgIpc) is 2.87. The van der Waals surface area contributed by atoms with E-state index in [0.29, 0.717) is 17.5 Å². The second-order valence-corrected chi connectivity index (χ2v) is 7.31. The largest absolute Gasteiger partial charge is 0.375 e. The minimum atomic E-state index is 0.132. The summed E-state index contributed by atoms with van der Waals surface area (Å²) in [6.07, 6.45) is 8.35. The molecule has 3 rings (SSSR count). The van der Waals surface area contributed by atoms with Crippen molar-refractivity contribution in [2.75, 3.05) is 45.1 Å². The number of nitrogens with zero attached hydrogens (tertiary/aromatic N) is 4. The van der Waals surface area contributed by atoms with Crippen molar-refractivity contribution in [3.63, 3.8) is 0 Å². The molecule has 132 valence electrons. The summed E-state index contributed by atoms with van der Waals surface area (Å²) >= 11 is 1.40. The lowest BCUT2D eigenvalue weighted by Crippen LogP contribution is -2.44. The highest BCUT2D eigenvalue weighted by Gasteiger charge is 2.25. The van der Waals surface area contributed by atoms with Gasteiger partial charge in [-0.1, -0.05) is 18.2 Å². The maximum atomic E-state index is 12.5. The van der Waals surface area contributed by atoms with Crippen LogP contribution in [0.2, 0.25) is 0 Å². The van der Waals surface area contributed by atoms with Gasteiger partial charge in [-0.15, -0.1) is 0 Å². The molecule has 0 unspecified atom stereocenters. The topological polar surface area (TPSA) is 58.6 Å². The molecule has 1 aromatic heterocycles. The highest BCUT2D eigenvalue weighted by molar-refractivity contribution is 7.99. The fourth-order valence-electron chi connectivity index (χ4n) is 3.24. The molecule has 0 radical (unpaired) electrons. The van der Waals surface area contributed by atoms with Gasteiger partial charge in [0.15, 0.2) is 5.16 Å². The minimum Gasteiger partial charge on any atom is -0.375 e. The van der Waals surface area contributed by atoms with E-state index in [1.165, 1.54) is 31.0 Å². The molecular formula is C17H26N4O2S. The molecule has 6 nitrogen and oxygen atoms in total. The van der Waals surface area contributed by atoms with E-state index >= 15 is 0 Å². The number of carbonyl (C=O) groups is 1. The van der Waals surface area contributed by atoms with Crippen molar-refractivity contribution in [2.45, 2.75) is 36.9 Å². The van der Waals surface area contributed by atoms with Crippen molar-refractivity contribution < 1.29 is 9.53 Å². The number of hydrogen-bond donors (Lipinski definition) is 0. The molecule has 0 spiro atoms. The highest BCUT2D eigenvalue weighted by Crippen LogP contribution is 2.16. The number of piperidine rings is 1. The summed E-state index contributed by atoms with van der Waals surface area (Å²) in [6.45, 7) is 5.50. The molecule has 0 aromatic carbocycles. The number of thioether (sulfide) groups is 1. The molecule has 0 saturated carbocycles. The van der Waals surface area contributed by atoms with Gasteiger partial charge in [-0.25, -0.2) is 9.97 Å². The van der Waals surface area contributed by atoms with E-state index in [2.05, 4.69) is 14.9 Å². The van der Waals surface area contributed by atoms with Crippen LogP contribution >= 0.6 is 11.8 Å². The Balaban J connectivity index is 1.49. The van der Waals surface area contributed by atoms with Gasteiger partial charge >= 0.3 is 0 Å². The Kier molecular flexibility index (Phi) is 6.86. The molecule has 24 heavy (non-hydrogen) atoms. The van der Waals surface area contributed by atoms with E-state index in [9.17, 15) is 4.79 Å². The Bertz CT molecular complexity index is 511. The average molecular weight is 350 g/mol. The quantitative estimate of drug-likeness (QED) is 0.595. The van der Waals surface area contributed by atoms with Gasteiger partial charge in [0.05, 0.1) is 11.9 Å². The normalized spacial score (nSPS) is 23.0. The molecule has 0 bridgehead atoms. The van der Waals surface area contributed by atoms with Crippen LogP contribution in [-0.4, -0.2) is 76.9 Å². The van der Waals surface area contributed by atoms with Gasteiger partial charge in [0, 0.05) is 38.6 Å². The molecular weight excluding hydrogens is 324 g/mol. The predicted octanol–water partition coefficient (Wildman–Crippen LogP) is 1.67. The Hall–Kier alpha value is -1.18. The second-order valence-electron chi connectivity index (χ2n) is 6.37. The summed E-state index contributed by atoms with van der Waals surface area (Å²) in [4.78, 5) is 25.3. The molecule has 2 aliphatic rings. The van der Waals surface area contributed by atoms with Crippen LogP contribution in [0.3, 0.4) is 0 Å². The van der Waals surface area contributed by atoms with E-state index in [-0.39, 0.29) is 12.0 Å². The van der Waals surface area contributed by atoms with Gasteiger partial charge in [0.2, 0.25) is 5.91 Å². The van der Waals surface area contributed by atoms with Crippen molar-refractivity contribution in [1.29, 1.82) is 0 Å². The second kappa shape index (κ2) is 9.34. The van der Waals surface area contributed by atoms with Crippen LogP contribution < -0.4 is 0 Å². The Labute approximate surface area is 148 Å². The maximum Gasteiger partial charge on any atom is 0.233 e. The van der Waals surface area contributed by atoms with E-state index < -0.39 is 0 Å². The van der Waals surface area contributed by atoms with Crippen molar-refractivity contribution in [3.05, 3.63) is 18.5 Å². The van der Waals surface area contributed by atoms with Gasteiger partial charge in [0.25, 0.3) is 0 Å². The number of ether oxygens (including phenoxy) is 1. The summed E-state index contributed by atoms with van der Waals surface area (Å²) in [5.74, 6) is 0.544. The fraction of sp³-hybridized carbons (Fsp3) is 0.706. The van der Waals surface area contributed by atoms with E-state index in [1.54, 1.807) is 18.5 Å². The third kappa shape index (κ3) is 5.43. The lowest BCUT2D eigenvalue weighted by atomic mass is 10.1. The van der Waals surface area contributed by atoms with Gasteiger partial charge in [-0.05, 0) is 38.4 Å². The van der Waals surface area contributed by atoms with Crippen LogP contribution in [0.4, 0.5) is 0 Å². The lowest BCUT2D eigenvalue weighted by Gasteiger charge is -2.31. The summed E-state index contributed by atoms with van der Waals surface area (Å²) in [7, 11) is 0. The molecule has 1 amide bonds. The van der Waals surface area contributed by atoms with Crippen molar-refractivity contribution >= 4 is 17.7 Å². The summed E-state index contributed by atoms with van der Waals surface area (Å²) in [5, 5.41) is 0.654. The van der Waals surface area contributed by atoms with E-state index in [4.69, 9.17) is 4.74 Å². The first-order valence-electron chi connectivity index (χ1n) is 8.83. The van der Waals surface area contributed by atoms with Crippen LogP contribution in [0.1, 0.15) is 25.7 Å². The van der Waals surface area contributed by atoms with E-state index in [1.807, 2.05) is 4.90 Å². The molecule has 2 fully saturated rings. The molecule has 1 aromatic rings. The van der Waals surface area contributed by atoms with Crippen LogP contribution in [0.25, 0.3) is 0 Å². The third-order valence-corrected chi connectivity index (χ3v) is 5.34. The van der Waals surface area contributed by atoms with Gasteiger partial charge in [0.1, 0.15) is 0 Å². The number of rotatable bonds is 5. The first kappa shape index (κ1) is 17.6. The standard InChI is InChI=1S/C17H26N4O2S/c22-16(14-24-17-18-6-4-7-19-17)21-10-5-11-23-15(13-21)12-20-8-2-1-3-9-20/h4,6-7,15H,1-3,5,8-14H2/t15-/m1/s1. The number of likely N-dealkylation sites (tertiary alicyclic amines) is 1. The first-order valence-corrected chi connectivity index (χ1v) is 9.81. The highest BCUT2D eigenvalue weighted by atomic mass is 32.2. The number of amides is 1. The summed E-state index contributed by atoms with van der Waals surface area (Å²) in [5.41, 5.74) is 0. The molecule has 2 aliphatic heterocycles. The Morgan fingerprint density at radius 3 is 2.75 bits per heavy atom. The molecule has 0 N–H and O–H groups in total. The molecule has 3 heterocycles. The maximum absolute atomic E-state index is 12.5. The molecule has 1 atom stereocenters. The lowest BCUT2D eigenvalue weighted by molar-refractivity contribution is -0.129. The zero-order chi connectivity index (χ0) is 16.6. The van der Waals surface area contributed by atoms with Gasteiger partial charge in [-0.2, -0.15) is 0 Å². The molecule has 0 aliphatic carbocycles. The third-order valence-electron chi connectivity index (χ3n) is 4.48. The Morgan fingerprint density at radius 1 is 1.17 bits per heavy atom. The minimum absolute atomic E-state index is 0.132. The number of aromatic nitrogens is 2. The zero-order valence-corrected chi connectivity index (χ0v) is 14.9. The van der Waals surface area contributed by atoms with Crippen LogP contribution in [0.15, 0.2) is 23.6 Å². The molecule has 7 heteroatoms. The monoisotopic (exact) mass is 350 g/mol. The SMILES string of the molecule is O=C(CSc1ncccn1)N1CCCO[C@H](CN2CCCCC2)C1. The van der Waals surface area contributed by atoms with Crippen molar-refractivity contribution in [2.24, 2.45) is 0 Å². The van der Waals surface area contributed by atoms with Crippen LogP contribution in [0, 0.1) is 0 Å². The predicted molar refractivity (Wildman–Crippen MR) is 94.0 cm³/mol. The molecule has 2 saturated heterocycles. The van der Waals surface area contributed by atoms with Crippen molar-refractivity contribution in [1.82, 2.24) is 19.8 Å². The fourth-order valence-corrected chi connectivity index (χ4v) is 3.95. The van der Waals surface area contributed by atoms with Gasteiger partial charge < -0.3 is 14.5 Å².